The molecule has 0 saturated heterocycles. The smallest absolute Gasteiger partial charge is 0.210 e. The van der Waals surface area contributed by atoms with Crippen molar-refractivity contribution in [3.8, 4) is 0 Å². The Morgan fingerprint density at radius 1 is 1.31 bits per heavy atom. The van der Waals surface area contributed by atoms with E-state index in [0.717, 1.165) is 9.65 Å². The van der Waals surface area contributed by atoms with E-state index in [9.17, 15) is 8.42 Å². The molecule has 1 aromatic heterocycles. The first-order chi connectivity index (χ1) is 5.34. The highest BCUT2D eigenvalue weighted by molar-refractivity contribution is 7.87. The minimum absolute atomic E-state index is 0. The lowest BCUT2D eigenvalue weighted by molar-refractivity contribution is 0.579. The Balaban J connectivity index is 0.00000144. The van der Waals surface area contributed by atoms with Gasteiger partial charge in [-0.1, -0.05) is 0 Å². The molecular formula is C6H12ClN3O2S. The minimum Gasteiger partial charge on any atom is -0.210 e. The Labute approximate surface area is 83.5 Å². The fraction of sp³-hybridized carbons (Fsp3) is 0.500. The van der Waals surface area contributed by atoms with Crippen LogP contribution in [-0.2, 0) is 10.2 Å². The fourth-order valence-corrected chi connectivity index (χ4v) is 1.69. The summed E-state index contributed by atoms with van der Waals surface area (Å²) >= 11 is 0. The number of aryl methyl sites for hydroxylation is 1. The summed E-state index contributed by atoms with van der Waals surface area (Å²) in [5.41, 5.74) is 2.10. The molecule has 0 aliphatic carbocycles. The van der Waals surface area contributed by atoms with Gasteiger partial charge < -0.3 is 0 Å². The Morgan fingerprint density at radius 2 is 1.77 bits per heavy atom. The number of rotatable bonds is 1. The summed E-state index contributed by atoms with van der Waals surface area (Å²) in [6, 6.07) is 0. The highest BCUT2D eigenvalue weighted by Crippen LogP contribution is 2.11. The lowest BCUT2D eigenvalue weighted by Gasteiger charge is -1.98. The monoisotopic (exact) mass is 225 g/mol. The summed E-state index contributed by atoms with van der Waals surface area (Å²) in [5.74, 6) is 0. The molecule has 1 aromatic rings. The zero-order valence-electron chi connectivity index (χ0n) is 7.60. The van der Waals surface area contributed by atoms with Crippen LogP contribution in [0.3, 0.4) is 0 Å². The van der Waals surface area contributed by atoms with Gasteiger partial charge in [-0.15, -0.1) is 16.5 Å². The Kier molecular flexibility index (Phi) is 3.48. The first kappa shape index (κ1) is 12.4. The van der Waals surface area contributed by atoms with E-state index >= 15 is 0 Å². The van der Waals surface area contributed by atoms with Gasteiger partial charge in [0.1, 0.15) is 0 Å². The summed E-state index contributed by atoms with van der Waals surface area (Å²) in [4.78, 5) is 0. The van der Waals surface area contributed by atoms with Gasteiger partial charge in [-0.2, -0.15) is 13.5 Å². The second-order valence-corrected chi connectivity index (χ2v) is 4.06. The van der Waals surface area contributed by atoms with Crippen LogP contribution in [0.25, 0.3) is 0 Å². The molecule has 0 aliphatic heterocycles. The van der Waals surface area contributed by atoms with Crippen molar-refractivity contribution in [3.63, 3.8) is 0 Å². The molecule has 0 spiro atoms. The van der Waals surface area contributed by atoms with E-state index in [4.69, 9.17) is 5.14 Å². The summed E-state index contributed by atoms with van der Waals surface area (Å²) < 4.78 is 22.6. The third kappa shape index (κ3) is 2.20. The number of hydrogen-bond acceptors (Lipinski definition) is 3. The van der Waals surface area contributed by atoms with Crippen LogP contribution in [0.2, 0.25) is 0 Å². The average molecular weight is 226 g/mol. The molecule has 7 heteroatoms. The maximum Gasteiger partial charge on any atom is 0.318 e. The summed E-state index contributed by atoms with van der Waals surface area (Å²) in [6.45, 7) is 5.21. The average Bonchev–Trinajstić information content (AvgIpc) is 2.15. The number of nitrogens with zero attached hydrogens (tertiary/aromatic N) is 2. The van der Waals surface area contributed by atoms with Crippen molar-refractivity contribution in [1.29, 1.82) is 0 Å². The molecular weight excluding hydrogens is 214 g/mol. The molecule has 1 heterocycles. The number of nitrogens with two attached hydrogens (primary N) is 1. The van der Waals surface area contributed by atoms with Crippen LogP contribution in [0, 0.1) is 20.8 Å². The zero-order chi connectivity index (χ0) is 9.52. The van der Waals surface area contributed by atoms with E-state index in [1.54, 1.807) is 20.8 Å². The lowest BCUT2D eigenvalue weighted by atomic mass is 10.2. The molecule has 76 valence electrons. The van der Waals surface area contributed by atoms with Crippen LogP contribution >= 0.6 is 12.4 Å². The molecule has 1 rings (SSSR count). The van der Waals surface area contributed by atoms with Crippen LogP contribution in [0.15, 0.2) is 0 Å². The topological polar surface area (TPSA) is 78.0 Å². The summed E-state index contributed by atoms with van der Waals surface area (Å²) in [7, 11) is -3.73. The molecule has 0 aliphatic rings. The predicted octanol–water partition coefficient (Wildman–Crippen LogP) is 0.282. The number of halogens is 1. The minimum atomic E-state index is -3.73. The van der Waals surface area contributed by atoms with Gasteiger partial charge in [0.05, 0.1) is 11.4 Å². The molecule has 5 nitrogen and oxygen atoms in total. The second kappa shape index (κ2) is 3.65. The van der Waals surface area contributed by atoms with Gasteiger partial charge in [-0.05, 0) is 26.3 Å². The van der Waals surface area contributed by atoms with E-state index in [1.165, 1.54) is 0 Å². The van der Waals surface area contributed by atoms with Gasteiger partial charge in [0.2, 0.25) is 0 Å². The van der Waals surface area contributed by atoms with Gasteiger partial charge in [0.25, 0.3) is 0 Å². The second-order valence-electron chi connectivity index (χ2n) is 2.68. The zero-order valence-corrected chi connectivity index (χ0v) is 9.24. The molecule has 0 aromatic carbocycles. The largest absolute Gasteiger partial charge is 0.318 e. The van der Waals surface area contributed by atoms with Crippen molar-refractivity contribution in [2.45, 2.75) is 20.8 Å². The molecule has 0 radical (unpaired) electrons. The first-order valence-electron chi connectivity index (χ1n) is 3.40. The molecule has 0 saturated carbocycles. The van der Waals surface area contributed by atoms with E-state index in [0.29, 0.717) is 11.4 Å². The molecule has 2 N–H and O–H groups in total. The Bertz CT molecular complexity index is 410. The van der Waals surface area contributed by atoms with Crippen LogP contribution < -0.4 is 5.14 Å². The van der Waals surface area contributed by atoms with E-state index in [-0.39, 0.29) is 12.4 Å². The van der Waals surface area contributed by atoms with E-state index < -0.39 is 10.2 Å². The standard InChI is InChI=1S/C6H11N3O2S.ClH/c1-4-5(2)8-9(6(4)3)12(7,10)11;/h1-3H3,(H2,7,10,11);1H. The van der Waals surface area contributed by atoms with Crippen LogP contribution in [0.5, 0.6) is 0 Å². The van der Waals surface area contributed by atoms with Gasteiger partial charge in [-0.25, -0.2) is 5.14 Å². The fourth-order valence-electron chi connectivity index (χ4n) is 0.939. The van der Waals surface area contributed by atoms with Gasteiger partial charge in [0.15, 0.2) is 0 Å². The maximum absolute atomic E-state index is 10.9. The quantitative estimate of drug-likeness (QED) is 0.746. The molecule has 0 fully saturated rings. The first-order valence-corrected chi connectivity index (χ1v) is 4.90. The SMILES string of the molecule is Cc1nn(S(N)(=O)=O)c(C)c1C.Cl. The molecule has 13 heavy (non-hydrogen) atoms. The van der Waals surface area contributed by atoms with Gasteiger partial charge in [0, 0.05) is 0 Å². The van der Waals surface area contributed by atoms with Crippen LogP contribution in [0.4, 0.5) is 0 Å². The summed E-state index contributed by atoms with van der Waals surface area (Å²) in [6.07, 6.45) is 0. The molecule has 0 atom stereocenters. The van der Waals surface area contributed by atoms with E-state index in [2.05, 4.69) is 5.10 Å². The van der Waals surface area contributed by atoms with Crippen molar-refractivity contribution in [1.82, 2.24) is 9.19 Å². The molecule has 0 amide bonds. The third-order valence-electron chi connectivity index (χ3n) is 1.85. The molecule has 0 bridgehead atoms. The van der Waals surface area contributed by atoms with Crippen molar-refractivity contribution in [2.75, 3.05) is 0 Å². The molecule has 0 unspecified atom stereocenters. The van der Waals surface area contributed by atoms with Crippen molar-refractivity contribution in [3.05, 3.63) is 17.0 Å². The predicted molar refractivity (Wildman–Crippen MR) is 52.2 cm³/mol. The van der Waals surface area contributed by atoms with Crippen molar-refractivity contribution in [2.24, 2.45) is 5.14 Å². The third-order valence-corrected chi connectivity index (χ3v) is 2.69. The van der Waals surface area contributed by atoms with Crippen molar-refractivity contribution >= 4 is 22.6 Å². The highest BCUT2D eigenvalue weighted by atomic mass is 35.5. The highest BCUT2D eigenvalue weighted by Gasteiger charge is 2.14. The van der Waals surface area contributed by atoms with Crippen molar-refractivity contribution < 1.29 is 8.42 Å². The van der Waals surface area contributed by atoms with Crippen LogP contribution in [-0.4, -0.2) is 17.6 Å². The maximum atomic E-state index is 10.9. The summed E-state index contributed by atoms with van der Waals surface area (Å²) in [5, 5.41) is 8.70. The Morgan fingerprint density at radius 3 is 1.92 bits per heavy atom. The normalized spacial score (nSPS) is 11.1. The van der Waals surface area contributed by atoms with Crippen LogP contribution in [0.1, 0.15) is 17.0 Å². The van der Waals surface area contributed by atoms with E-state index in [1.807, 2.05) is 0 Å². The van der Waals surface area contributed by atoms with Gasteiger partial charge >= 0.3 is 10.2 Å². The lowest BCUT2D eigenvalue weighted by Crippen LogP contribution is -2.24. The number of hydrogen-bond donors (Lipinski definition) is 1. The van der Waals surface area contributed by atoms with Gasteiger partial charge in [-0.3, -0.25) is 0 Å². The Hall–Kier alpha value is -0.590. The number of aromatic nitrogens is 2.